The first-order valence-corrected chi connectivity index (χ1v) is 8.00. The first-order chi connectivity index (χ1) is 9.63. The molecule has 0 amide bonds. The average Bonchev–Trinajstić information content (AvgIpc) is 2.92. The molecule has 0 aromatic heterocycles. The van der Waals surface area contributed by atoms with Crippen LogP contribution < -0.4 is 4.90 Å². The van der Waals surface area contributed by atoms with Crippen molar-refractivity contribution in [1.29, 1.82) is 0 Å². The molecule has 2 aromatic rings. The van der Waals surface area contributed by atoms with Crippen LogP contribution in [0.4, 0.5) is 5.69 Å². The quantitative estimate of drug-likeness (QED) is 0.744. The number of hydrogen-bond acceptors (Lipinski definition) is 1. The van der Waals surface area contributed by atoms with Crippen molar-refractivity contribution >= 4 is 21.6 Å². The number of aryl methyl sites for hydroxylation is 2. The molecule has 0 aliphatic carbocycles. The van der Waals surface area contributed by atoms with Crippen molar-refractivity contribution in [2.45, 2.75) is 26.2 Å². The summed E-state index contributed by atoms with van der Waals surface area (Å²) in [6, 6.07) is 15.6. The van der Waals surface area contributed by atoms with E-state index >= 15 is 0 Å². The number of benzene rings is 2. The fourth-order valence-electron chi connectivity index (χ4n) is 2.92. The standard InChI is InChI=1S/C18H20BrN/c1-13-3-8-18(11-14(13)2)20-10-9-16(12-20)15-4-6-17(19)7-5-15/h3-8,11,16H,9-10,12H2,1-2H3. The molecule has 20 heavy (non-hydrogen) atoms. The van der Waals surface area contributed by atoms with Gasteiger partial charge in [-0.15, -0.1) is 0 Å². The monoisotopic (exact) mass is 329 g/mol. The Bertz CT molecular complexity index is 603. The summed E-state index contributed by atoms with van der Waals surface area (Å²) in [7, 11) is 0. The van der Waals surface area contributed by atoms with Crippen LogP contribution >= 0.6 is 15.9 Å². The number of nitrogens with zero attached hydrogens (tertiary/aromatic N) is 1. The van der Waals surface area contributed by atoms with Gasteiger partial charge in [0.2, 0.25) is 0 Å². The molecule has 0 bridgehead atoms. The van der Waals surface area contributed by atoms with Crippen LogP contribution in [0.3, 0.4) is 0 Å². The third kappa shape index (κ3) is 2.76. The second-order valence-corrected chi connectivity index (χ2v) is 6.67. The van der Waals surface area contributed by atoms with Crippen LogP contribution in [0, 0.1) is 13.8 Å². The van der Waals surface area contributed by atoms with E-state index in [0.29, 0.717) is 5.92 Å². The molecular formula is C18H20BrN. The van der Waals surface area contributed by atoms with Crippen LogP contribution in [0.5, 0.6) is 0 Å². The van der Waals surface area contributed by atoms with Gasteiger partial charge in [0.25, 0.3) is 0 Å². The predicted octanol–water partition coefficient (Wildman–Crippen LogP) is 5.06. The Morgan fingerprint density at radius 2 is 1.75 bits per heavy atom. The van der Waals surface area contributed by atoms with Crippen molar-refractivity contribution in [3.05, 3.63) is 63.6 Å². The highest BCUT2D eigenvalue weighted by molar-refractivity contribution is 9.10. The van der Waals surface area contributed by atoms with Crippen LogP contribution in [0.2, 0.25) is 0 Å². The van der Waals surface area contributed by atoms with E-state index in [4.69, 9.17) is 0 Å². The van der Waals surface area contributed by atoms with E-state index in [0.717, 1.165) is 17.6 Å². The molecule has 1 unspecified atom stereocenters. The van der Waals surface area contributed by atoms with Gasteiger partial charge < -0.3 is 4.90 Å². The van der Waals surface area contributed by atoms with Crippen LogP contribution in [0.1, 0.15) is 29.0 Å². The van der Waals surface area contributed by atoms with E-state index in [9.17, 15) is 0 Å². The minimum absolute atomic E-state index is 0.657. The molecule has 1 heterocycles. The number of rotatable bonds is 2. The smallest absolute Gasteiger partial charge is 0.0369 e. The second kappa shape index (κ2) is 5.61. The Labute approximate surface area is 129 Å². The zero-order valence-corrected chi connectivity index (χ0v) is 13.7. The highest BCUT2D eigenvalue weighted by Gasteiger charge is 2.24. The molecule has 3 rings (SSSR count). The zero-order chi connectivity index (χ0) is 14.1. The molecule has 104 valence electrons. The average molecular weight is 330 g/mol. The van der Waals surface area contributed by atoms with Gasteiger partial charge in [0.1, 0.15) is 0 Å². The lowest BCUT2D eigenvalue weighted by Gasteiger charge is -2.20. The van der Waals surface area contributed by atoms with E-state index < -0.39 is 0 Å². The first kappa shape index (κ1) is 13.7. The van der Waals surface area contributed by atoms with Gasteiger partial charge in [0.05, 0.1) is 0 Å². The maximum Gasteiger partial charge on any atom is 0.0369 e. The largest absolute Gasteiger partial charge is 0.371 e. The van der Waals surface area contributed by atoms with Crippen molar-refractivity contribution in [1.82, 2.24) is 0 Å². The van der Waals surface area contributed by atoms with Gasteiger partial charge in [-0.3, -0.25) is 0 Å². The summed E-state index contributed by atoms with van der Waals surface area (Å²) in [6.07, 6.45) is 1.24. The molecule has 0 N–H and O–H groups in total. The molecule has 0 spiro atoms. The van der Waals surface area contributed by atoms with Crippen LogP contribution in [0.15, 0.2) is 46.9 Å². The normalized spacial score (nSPS) is 18.6. The molecule has 1 aliphatic rings. The Balaban J connectivity index is 1.76. The molecule has 1 fully saturated rings. The van der Waals surface area contributed by atoms with Crippen molar-refractivity contribution in [2.75, 3.05) is 18.0 Å². The molecular weight excluding hydrogens is 310 g/mol. The summed E-state index contributed by atoms with van der Waals surface area (Å²) < 4.78 is 1.16. The minimum Gasteiger partial charge on any atom is -0.371 e. The van der Waals surface area contributed by atoms with Crippen molar-refractivity contribution < 1.29 is 0 Å². The Morgan fingerprint density at radius 3 is 2.45 bits per heavy atom. The summed E-state index contributed by atoms with van der Waals surface area (Å²) in [5, 5.41) is 0. The van der Waals surface area contributed by atoms with Gasteiger partial charge in [-0.25, -0.2) is 0 Å². The van der Waals surface area contributed by atoms with Crippen molar-refractivity contribution in [3.63, 3.8) is 0 Å². The fourth-order valence-corrected chi connectivity index (χ4v) is 3.19. The summed E-state index contributed by atoms with van der Waals surface area (Å²) >= 11 is 3.51. The van der Waals surface area contributed by atoms with Gasteiger partial charge >= 0.3 is 0 Å². The first-order valence-electron chi connectivity index (χ1n) is 7.21. The molecule has 1 aliphatic heterocycles. The molecule has 2 aromatic carbocycles. The Morgan fingerprint density at radius 1 is 1.00 bits per heavy atom. The highest BCUT2D eigenvalue weighted by atomic mass is 79.9. The third-order valence-electron chi connectivity index (χ3n) is 4.39. The lowest BCUT2D eigenvalue weighted by Crippen LogP contribution is -2.19. The Kier molecular flexibility index (Phi) is 3.84. The predicted molar refractivity (Wildman–Crippen MR) is 89.6 cm³/mol. The molecule has 1 nitrogen and oxygen atoms in total. The Hall–Kier alpha value is -1.28. The van der Waals surface area contributed by atoms with Gasteiger partial charge in [-0.05, 0) is 61.2 Å². The summed E-state index contributed by atoms with van der Waals surface area (Å²) in [4.78, 5) is 2.51. The molecule has 1 atom stereocenters. The summed E-state index contributed by atoms with van der Waals surface area (Å²) in [5.41, 5.74) is 5.58. The maximum atomic E-state index is 3.51. The molecule has 0 saturated carbocycles. The van der Waals surface area contributed by atoms with Crippen molar-refractivity contribution in [2.24, 2.45) is 0 Å². The van der Waals surface area contributed by atoms with Gasteiger partial charge in [0, 0.05) is 29.2 Å². The van der Waals surface area contributed by atoms with E-state index in [1.54, 1.807) is 0 Å². The number of anilines is 1. The number of hydrogen-bond donors (Lipinski definition) is 0. The van der Waals surface area contributed by atoms with E-state index in [1.807, 2.05) is 0 Å². The van der Waals surface area contributed by atoms with Crippen LogP contribution in [-0.2, 0) is 0 Å². The topological polar surface area (TPSA) is 3.24 Å². The molecule has 1 saturated heterocycles. The van der Waals surface area contributed by atoms with E-state index in [1.165, 1.54) is 28.8 Å². The van der Waals surface area contributed by atoms with Crippen LogP contribution in [-0.4, -0.2) is 13.1 Å². The lowest BCUT2D eigenvalue weighted by molar-refractivity contribution is 0.775. The van der Waals surface area contributed by atoms with Crippen LogP contribution in [0.25, 0.3) is 0 Å². The van der Waals surface area contributed by atoms with Crippen molar-refractivity contribution in [3.8, 4) is 0 Å². The number of halogens is 1. The summed E-state index contributed by atoms with van der Waals surface area (Å²) in [6.45, 7) is 6.65. The SMILES string of the molecule is Cc1ccc(N2CCC(c3ccc(Br)cc3)C2)cc1C. The molecule has 2 heteroatoms. The minimum atomic E-state index is 0.657. The highest BCUT2D eigenvalue weighted by Crippen LogP contribution is 2.32. The second-order valence-electron chi connectivity index (χ2n) is 5.75. The lowest BCUT2D eigenvalue weighted by atomic mass is 9.99. The third-order valence-corrected chi connectivity index (χ3v) is 4.91. The fraction of sp³-hybridized carbons (Fsp3) is 0.333. The zero-order valence-electron chi connectivity index (χ0n) is 12.1. The molecule has 0 radical (unpaired) electrons. The summed E-state index contributed by atoms with van der Waals surface area (Å²) in [5.74, 6) is 0.657. The van der Waals surface area contributed by atoms with Gasteiger partial charge in [0.15, 0.2) is 0 Å². The maximum absolute atomic E-state index is 3.51. The van der Waals surface area contributed by atoms with Gasteiger partial charge in [-0.2, -0.15) is 0 Å². The van der Waals surface area contributed by atoms with E-state index in [-0.39, 0.29) is 0 Å². The van der Waals surface area contributed by atoms with Gasteiger partial charge in [-0.1, -0.05) is 34.1 Å². The van der Waals surface area contributed by atoms with E-state index in [2.05, 4.69) is 77.1 Å².